The molecule has 5 nitrogen and oxygen atoms in total. The van der Waals surface area contributed by atoms with Crippen LogP contribution in [0, 0.1) is 50.7 Å². The average Bonchev–Trinajstić information content (AvgIpc) is 3.40. The second kappa shape index (κ2) is 7.01. The van der Waals surface area contributed by atoms with Crippen molar-refractivity contribution in [3.63, 3.8) is 0 Å². The highest BCUT2D eigenvalue weighted by atomic mass is 16.6. The lowest BCUT2D eigenvalue weighted by Crippen LogP contribution is -2.59. The maximum absolute atomic E-state index is 12.1. The van der Waals surface area contributed by atoms with Gasteiger partial charge in [-0.1, -0.05) is 34.6 Å². The molecule has 5 saturated carbocycles. The van der Waals surface area contributed by atoms with Gasteiger partial charge in [-0.05, 0) is 96.7 Å². The molecule has 1 aliphatic heterocycles. The number of ether oxygens (including phenoxy) is 2. The molecule has 2 spiro atoms. The van der Waals surface area contributed by atoms with Crippen LogP contribution in [0.25, 0.3) is 0 Å². The van der Waals surface area contributed by atoms with Gasteiger partial charge < -0.3 is 19.7 Å². The van der Waals surface area contributed by atoms with E-state index in [4.69, 9.17) is 9.47 Å². The summed E-state index contributed by atoms with van der Waals surface area (Å²) in [6.45, 7) is 13.6. The minimum absolute atomic E-state index is 0.0157. The van der Waals surface area contributed by atoms with Crippen LogP contribution in [0.1, 0.15) is 92.9 Å². The van der Waals surface area contributed by atoms with Crippen LogP contribution in [-0.4, -0.2) is 47.2 Å². The summed E-state index contributed by atoms with van der Waals surface area (Å²) < 4.78 is 11.9. The van der Waals surface area contributed by atoms with Crippen LogP contribution in [0.4, 0.5) is 0 Å². The highest BCUT2D eigenvalue weighted by Crippen LogP contribution is 2.89. The zero-order valence-electron chi connectivity index (χ0n) is 22.1. The molecule has 6 aliphatic rings. The number of hydrogen-bond donors (Lipinski definition) is 2. The highest BCUT2D eigenvalue weighted by Gasteiger charge is 2.84. The molecule has 1 saturated heterocycles. The van der Waals surface area contributed by atoms with Crippen molar-refractivity contribution in [1.82, 2.24) is 0 Å². The van der Waals surface area contributed by atoms with Crippen molar-refractivity contribution in [2.45, 2.75) is 117 Å². The van der Waals surface area contributed by atoms with Crippen molar-refractivity contribution in [2.24, 2.45) is 50.7 Å². The molecule has 0 aromatic carbocycles. The zero-order valence-corrected chi connectivity index (χ0v) is 22.1. The van der Waals surface area contributed by atoms with Gasteiger partial charge in [-0.2, -0.15) is 0 Å². The Kier molecular flexibility index (Phi) is 4.89. The molecule has 0 bridgehead atoms. The van der Waals surface area contributed by atoms with E-state index in [0.717, 1.165) is 32.1 Å². The second-order valence-electron chi connectivity index (χ2n) is 14.5. The van der Waals surface area contributed by atoms with E-state index >= 15 is 0 Å². The Bertz CT molecular complexity index is 886. The monoisotopic (exact) mass is 474 g/mol. The van der Waals surface area contributed by atoms with Gasteiger partial charge >= 0.3 is 5.97 Å². The molecule has 192 valence electrons. The molecular formula is C29H46O5. The van der Waals surface area contributed by atoms with Gasteiger partial charge in [0.2, 0.25) is 0 Å². The van der Waals surface area contributed by atoms with Gasteiger partial charge in [0.1, 0.15) is 6.61 Å². The summed E-state index contributed by atoms with van der Waals surface area (Å²) in [6.07, 6.45) is 8.07. The van der Waals surface area contributed by atoms with Gasteiger partial charge in [-0.15, -0.1) is 0 Å². The topological polar surface area (TPSA) is 76.0 Å². The minimum atomic E-state index is -0.483. The second-order valence-corrected chi connectivity index (χ2v) is 14.5. The van der Waals surface area contributed by atoms with Crippen LogP contribution in [0.3, 0.4) is 0 Å². The van der Waals surface area contributed by atoms with Crippen molar-refractivity contribution in [3.05, 3.63) is 0 Å². The molecule has 6 fully saturated rings. The molecule has 2 N–H and O–H groups in total. The lowest BCUT2D eigenvalue weighted by molar-refractivity contribution is -0.182. The van der Waals surface area contributed by atoms with E-state index in [9.17, 15) is 15.0 Å². The number of esters is 1. The Morgan fingerprint density at radius 3 is 2.38 bits per heavy atom. The first-order valence-corrected chi connectivity index (χ1v) is 14.0. The van der Waals surface area contributed by atoms with E-state index in [2.05, 4.69) is 34.6 Å². The number of aliphatic hydroxyl groups is 2. The van der Waals surface area contributed by atoms with Gasteiger partial charge in [0, 0.05) is 12.3 Å². The first-order valence-electron chi connectivity index (χ1n) is 14.0. The number of carbonyl (C=O) groups is 1. The number of aliphatic hydroxyl groups excluding tert-OH is 2. The predicted octanol–water partition coefficient (Wildman–Crippen LogP) is 4.72. The molecular weight excluding hydrogens is 428 g/mol. The number of fused-ring (bicyclic) bond motifs is 4. The molecule has 6 rings (SSSR count). The summed E-state index contributed by atoms with van der Waals surface area (Å²) in [5.74, 6) is 1.62. The summed E-state index contributed by atoms with van der Waals surface area (Å²) in [7, 11) is 0. The Morgan fingerprint density at radius 2 is 1.68 bits per heavy atom. The third-order valence-corrected chi connectivity index (χ3v) is 13.3. The van der Waals surface area contributed by atoms with Crippen LogP contribution in [-0.2, 0) is 14.3 Å². The van der Waals surface area contributed by atoms with Gasteiger partial charge in [-0.3, -0.25) is 4.79 Å². The lowest BCUT2D eigenvalue weighted by atomic mass is 9.41. The van der Waals surface area contributed by atoms with Gasteiger partial charge in [0.25, 0.3) is 0 Å². The minimum Gasteiger partial charge on any atom is -0.463 e. The van der Waals surface area contributed by atoms with Gasteiger partial charge in [-0.25, -0.2) is 0 Å². The normalized spacial score (nSPS) is 59.1. The molecule has 1 heterocycles. The third-order valence-electron chi connectivity index (χ3n) is 13.3. The number of hydrogen-bond acceptors (Lipinski definition) is 5. The van der Waals surface area contributed by atoms with Gasteiger partial charge in [0.15, 0.2) is 0 Å². The Labute approximate surface area is 205 Å². The van der Waals surface area contributed by atoms with Crippen molar-refractivity contribution in [2.75, 3.05) is 6.61 Å². The summed E-state index contributed by atoms with van der Waals surface area (Å²) in [5, 5.41) is 23.0. The quantitative estimate of drug-likeness (QED) is 0.566. The molecule has 5 aliphatic carbocycles. The van der Waals surface area contributed by atoms with Crippen molar-refractivity contribution in [3.8, 4) is 0 Å². The maximum atomic E-state index is 12.1. The summed E-state index contributed by atoms with van der Waals surface area (Å²) in [5.41, 5.74) is 0.564. The molecule has 34 heavy (non-hydrogen) atoms. The van der Waals surface area contributed by atoms with E-state index in [1.54, 1.807) is 0 Å². The van der Waals surface area contributed by atoms with Crippen LogP contribution in [0.5, 0.6) is 0 Å². The van der Waals surface area contributed by atoms with Crippen molar-refractivity contribution < 1.29 is 24.5 Å². The summed E-state index contributed by atoms with van der Waals surface area (Å²) in [6, 6.07) is 0. The van der Waals surface area contributed by atoms with E-state index in [-0.39, 0.29) is 40.5 Å². The van der Waals surface area contributed by atoms with E-state index in [1.807, 2.05) is 0 Å². The third kappa shape index (κ3) is 2.55. The summed E-state index contributed by atoms with van der Waals surface area (Å²) >= 11 is 0. The molecule has 12 atom stereocenters. The first-order chi connectivity index (χ1) is 15.8. The fraction of sp³-hybridized carbons (Fsp3) is 0.966. The lowest BCUT2D eigenvalue weighted by Gasteiger charge is -2.63. The molecule has 0 radical (unpaired) electrons. The largest absolute Gasteiger partial charge is 0.463 e. The maximum Gasteiger partial charge on any atom is 0.302 e. The fourth-order valence-corrected chi connectivity index (χ4v) is 11.7. The van der Waals surface area contributed by atoms with Gasteiger partial charge in [0.05, 0.1) is 24.4 Å². The van der Waals surface area contributed by atoms with E-state index < -0.39 is 6.10 Å². The standard InChI is InChI=1S/C29H46O5/c1-16-13-18(14-33-17(2)30)34-23-22(16)26(5)11-12-29-15-28(29)10-9-21(31)25(3,4)19(28)7-8-20(29)27(26,6)24(23)32/h16,18-24,31-32H,7-15H2,1-6H3/t16-,18-,19+,20+,21+,22+,23+,24+,26-,27-,28-,29+/m1/s1. The molecule has 0 amide bonds. The fourth-order valence-electron chi connectivity index (χ4n) is 11.7. The van der Waals surface area contributed by atoms with Crippen LogP contribution >= 0.6 is 0 Å². The Morgan fingerprint density at radius 1 is 1.00 bits per heavy atom. The van der Waals surface area contributed by atoms with Crippen LogP contribution in [0.2, 0.25) is 0 Å². The molecule has 0 unspecified atom stereocenters. The molecule has 0 aromatic rings. The first kappa shape index (κ1) is 23.7. The number of carbonyl (C=O) groups excluding carboxylic acids is 1. The predicted molar refractivity (Wildman–Crippen MR) is 129 cm³/mol. The smallest absolute Gasteiger partial charge is 0.302 e. The average molecular weight is 475 g/mol. The van der Waals surface area contributed by atoms with Crippen molar-refractivity contribution in [1.29, 1.82) is 0 Å². The molecule has 0 aromatic heterocycles. The highest BCUT2D eigenvalue weighted by molar-refractivity contribution is 5.65. The van der Waals surface area contributed by atoms with E-state index in [1.165, 1.54) is 26.2 Å². The Hall–Kier alpha value is -0.650. The Balaban J connectivity index is 1.34. The van der Waals surface area contributed by atoms with E-state index in [0.29, 0.717) is 41.1 Å². The van der Waals surface area contributed by atoms with Crippen LogP contribution in [0.15, 0.2) is 0 Å². The molecule has 5 heteroatoms. The van der Waals surface area contributed by atoms with Crippen molar-refractivity contribution >= 4 is 5.97 Å². The SMILES string of the molecule is CC(=O)OC[C@H]1C[C@@H](C)[C@H]2[C@H](O1)[C@H](O)[C@@]1(C)[C@@H]3CC[C@H]4C(C)(C)[C@@H](O)CC[C@@]45C[C@@]35CC[C@]21C. The zero-order chi connectivity index (χ0) is 24.5. The summed E-state index contributed by atoms with van der Waals surface area (Å²) in [4.78, 5) is 11.4. The van der Waals surface area contributed by atoms with Crippen LogP contribution < -0.4 is 0 Å². The number of rotatable bonds is 2.